The van der Waals surface area contributed by atoms with Gasteiger partial charge in [0.05, 0.1) is 17.3 Å². The van der Waals surface area contributed by atoms with Crippen LogP contribution in [0.15, 0.2) is 30.7 Å². The molecule has 3 aromatic rings. The van der Waals surface area contributed by atoms with Crippen molar-refractivity contribution in [1.29, 1.82) is 5.26 Å². The van der Waals surface area contributed by atoms with Gasteiger partial charge in [-0.3, -0.25) is 9.50 Å². The lowest BCUT2D eigenvalue weighted by atomic mass is 10.3. The largest absolute Gasteiger partial charge is 0.285 e. The number of rotatable bonds is 1. The summed E-state index contributed by atoms with van der Waals surface area (Å²) in [5, 5.41) is 23.5. The molecule has 0 aliphatic rings. The second-order valence-corrected chi connectivity index (χ2v) is 3.27. The summed E-state index contributed by atoms with van der Waals surface area (Å²) in [5.41, 5.74) is 2.11. The number of nitriles is 1. The van der Waals surface area contributed by atoms with E-state index in [1.807, 2.05) is 0 Å². The maximum Gasteiger partial charge on any atom is 0.171 e. The third-order valence-electron chi connectivity index (χ3n) is 2.29. The van der Waals surface area contributed by atoms with Gasteiger partial charge in [0.2, 0.25) is 0 Å². The predicted octanol–water partition coefficient (Wildman–Crippen LogP) is 0.991. The molecule has 3 aromatic heterocycles. The number of pyridine rings is 1. The first-order valence-electron chi connectivity index (χ1n) is 4.62. The first kappa shape index (κ1) is 8.61. The van der Waals surface area contributed by atoms with Crippen molar-refractivity contribution in [3.63, 3.8) is 0 Å². The van der Waals surface area contributed by atoms with Crippen LogP contribution in [0.5, 0.6) is 0 Å². The minimum Gasteiger partial charge on any atom is -0.285 e. The van der Waals surface area contributed by atoms with Gasteiger partial charge in [-0.1, -0.05) is 0 Å². The second-order valence-electron chi connectivity index (χ2n) is 3.27. The van der Waals surface area contributed by atoms with Crippen molar-refractivity contribution in [2.45, 2.75) is 0 Å². The van der Waals surface area contributed by atoms with Crippen LogP contribution in [0.3, 0.4) is 0 Å². The standard InChI is InChI=1S/C10H6N6/c11-3-7-1-2-9-14-15-10(16(9)6-7)8-4-12-13-5-8/h1-2,4-6H,(H,12,13). The lowest BCUT2D eigenvalue weighted by Gasteiger charge is -1.96. The van der Waals surface area contributed by atoms with Gasteiger partial charge in [-0.2, -0.15) is 10.4 Å². The molecule has 0 saturated heterocycles. The van der Waals surface area contributed by atoms with Crippen LogP contribution in [0, 0.1) is 11.3 Å². The molecule has 0 aromatic carbocycles. The molecule has 1 N–H and O–H groups in total. The summed E-state index contributed by atoms with van der Waals surface area (Å²) in [6, 6.07) is 5.55. The third kappa shape index (κ3) is 1.15. The van der Waals surface area contributed by atoms with Crippen molar-refractivity contribution >= 4 is 5.65 Å². The monoisotopic (exact) mass is 210 g/mol. The zero-order chi connectivity index (χ0) is 11.0. The summed E-state index contributed by atoms with van der Waals surface area (Å²) in [7, 11) is 0. The SMILES string of the molecule is N#Cc1ccc2nnc(-c3cn[nH]c3)n2c1. The summed E-state index contributed by atoms with van der Waals surface area (Å²) in [5.74, 6) is 0.667. The van der Waals surface area contributed by atoms with Crippen molar-refractivity contribution < 1.29 is 0 Å². The quantitative estimate of drug-likeness (QED) is 0.649. The maximum atomic E-state index is 8.83. The van der Waals surface area contributed by atoms with E-state index in [-0.39, 0.29) is 0 Å². The van der Waals surface area contributed by atoms with Crippen molar-refractivity contribution in [2.75, 3.05) is 0 Å². The van der Waals surface area contributed by atoms with Crippen LogP contribution >= 0.6 is 0 Å². The number of aromatic amines is 1. The van der Waals surface area contributed by atoms with Crippen molar-refractivity contribution in [3.8, 4) is 17.5 Å². The van der Waals surface area contributed by atoms with Crippen LogP contribution in [-0.2, 0) is 0 Å². The molecule has 0 bridgehead atoms. The molecule has 6 heteroatoms. The number of hydrogen-bond acceptors (Lipinski definition) is 4. The van der Waals surface area contributed by atoms with Gasteiger partial charge in [0, 0.05) is 12.4 Å². The first-order valence-corrected chi connectivity index (χ1v) is 4.62. The molecule has 0 atom stereocenters. The van der Waals surface area contributed by atoms with Crippen LogP contribution in [0.2, 0.25) is 0 Å². The number of H-pyrrole nitrogens is 1. The molecule has 6 nitrogen and oxygen atoms in total. The Bertz CT molecular complexity index is 673. The normalized spacial score (nSPS) is 10.4. The minimum absolute atomic E-state index is 0.567. The van der Waals surface area contributed by atoms with E-state index in [4.69, 9.17) is 5.26 Å². The number of hydrogen-bond donors (Lipinski definition) is 1. The van der Waals surface area contributed by atoms with E-state index in [0.717, 1.165) is 5.56 Å². The van der Waals surface area contributed by atoms with Gasteiger partial charge < -0.3 is 0 Å². The Morgan fingerprint density at radius 2 is 2.25 bits per heavy atom. The van der Waals surface area contributed by atoms with E-state index >= 15 is 0 Å². The molecule has 0 saturated carbocycles. The lowest BCUT2D eigenvalue weighted by molar-refractivity contribution is 1.09. The molecule has 16 heavy (non-hydrogen) atoms. The molecule has 0 aliphatic heterocycles. The van der Waals surface area contributed by atoms with Gasteiger partial charge in [0.25, 0.3) is 0 Å². The Labute approximate surface area is 90.2 Å². The van der Waals surface area contributed by atoms with Gasteiger partial charge in [0.15, 0.2) is 11.5 Å². The molecule has 3 rings (SSSR count). The molecule has 76 valence electrons. The predicted molar refractivity (Wildman–Crippen MR) is 55.3 cm³/mol. The van der Waals surface area contributed by atoms with Gasteiger partial charge in [-0.15, -0.1) is 10.2 Å². The van der Waals surface area contributed by atoms with E-state index in [2.05, 4.69) is 26.5 Å². The number of nitrogens with one attached hydrogen (secondary N) is 1. The smallest absolute Gasteiger partial charge is 0.171 e. The minimum atomic E-state index is 0.567. The molecule has 3 heterocycles. The van der Waals surface area contributed by atoms with E-state index in [1.54, 1.807) is 35.1 Å². The highest BCUT2D eigenvalue weighted by molar-refractivity contribution is 5.58. The second kappa shape index (κ2) is 3.17. The molecule has 0 amide bonds. The van der Waals surface area contributed by atoms with E-state index in [1.165, 1.54) is 0 Å². The Hall–Kier alpha value is -2.68. The highest BCUT2D eigenvalue weighted by Crippen LogP contribution is 2.16. The fourth-order valence-corrected chi connectivity index (χ4v) is 1.53. The maximum absolute atomic E-state index is 8.83. The molecule has 0 radical (unpaired) electrons. The lowest BCUT2D eigenvalue weighted by Crippen LogP contribution is -1.89. The summed E-state index contributed by atoms with van der Waals surface area (Å²) in [6.07, 6.45) is 5.10. The number of fused-ring (bicyclic) bond motifs is 1. The zero-order valence-electron chi connectivity index (χ0n) is 8.12. The molecular weight excluding hydrogens is 204 g/mol. The zero-order valence-corrected chi connectivity index (χ0v) is 8.12. The number of nitrogens with zero attached hydrogens (tertiary/aromatic N) is 5. The summed E-state index contributed by atoms with van der Waals surface area (Å²) in [4.78, 5) is 0. The third-order valence-corrected chi connectivity index (χ3v) is 2.29. The van der Waals surface area contributed by atoms with Crippen LogP contribution in [-0.4, -0.2) is 24.8 Å². The fraction of sp³-hybridized carbons (Fsp3) is 0. The average Bonchev–Trinajstić information content (AvgIpc) is 2.96. The Morgan fingerprint density at radius 3 is 3.00 bits per heavy atom. The molecule has 0 spiro atoms. The Morgan fingerprint density at radius 1 is 1.31 bits per heavy atom. The molecular formula is C10H6N6. The molecule has 0 unspecified atom stereocenters. The van der Waals surface area contributed by atoms with E-state index in [0.29, 0.717) is 17.0 Å². The van der Waals surface area contributed by atoms with Gasteiger partial charge in [0.1, 0.15) is 6.07 Å². The average molecular weight is 210 g/mol. The first-order chi connectivity index (χ1) is 7.88. The molecule has 0 fully saturated rings. The van der Waals surface area contributed by atoms with Gasteiger partial charge in [-0.05, 0) is 12.1 Å². The summed E-state index contributed by atoms with van der Waals surface area (Å²) < 4.78 is 1.77. The highest BCUT2D eigenvalue weighted by atomic mass is 15.2. The topological polar surface area (TPSA) is 82.7 Å². The van der Waals surface area contributed by atoms with Crippen molar-refractivity contribution in [3.05, 3.63) is 36.3 Å². The highest BCUT2D eigenvalue weighted by Gasteiger charge is 2.08. The van der Waals surface area contributed by atoms with Crippen LogP contribution in [0.1, 0.15) is 5.56 Å². The van der Waals surface area contributed by atoms with Gasteiger partial charge >= 0.3 is 0 Å². The Balaban J connectivity index is 2.31. The molecule has 0 aliphatic carbocycles. The number of aromatic nitrogens is 5. The van der Waals surface area contributed by atoms with Crippen molar-refractivity contribution in [2.24, 2.45) is 0 Å². The van der Waals surface area contributed by atoms with E-state index < -0.39 is 0 Å². The fourth-order valence-electron chi connectivity index (χ4n) is 1.53. The van der Waals surface area contributed by atoms with Crippen LogP contribution in [0.4, 0.5) is 0 Å². The van der Waals surface area contributed by atoms with Crippen LogP contribution in [0.25, 0.3) is 17.0 Å². The van der Waals surface area contributed by atoms with Crippen LogP contribution < -0.4 is 0 Å². The summed E-state index contributed by atoms with van der Waals surface area (Å²) >= 11 is 0. The van der Waals surface area contributed by atoms with E-state index in [9.17, 15) is 0 Å². The summed E-state index contributed by atoms with van der Waals surface area (Å²) in [6.45, 7) is 0. The van der Waals surface area contributed by atoms with Crippen molar-refractivity contribution in [1.82, 2.24) is 24.8 Å². The Kier molecular flexibility index (Phi) is 1.71. The van der Waals surface area contributed by atoms with Gasteiger partial charge in [-0.25, -0.2) is 0 Å².